The second-order valence-corrected chi connectivity index (χ2v) is 7.15. The Balaban J connectivity index is 1.73. The average Bonchev–Trinajstić information content (AvgIpc) is 3.31. The summed E-state index contributed by atoms with van der Waals surface area (Å²) >= 11 is 0. The molecule has 0 fully saturated rings. The summed E-state index contributed by atoms with van der Waals surface area (Å²) in [6.45, 7) is 3.61. The summed E-state index contributed by atoms with van der Waals surface area (Å²) in [4.78, 5) is 11.4. The molecule has 0 aliphatic heterocycles. The van der Waals surface area contributed by atoms with Crippen LogP contribution >= 0.6 is 0 Å². The van der Waals surface area contributed by atoms with E-state index in [2.05, 4.69) is 22.1 Å². The van der Waals surface area contributed by atoms with Crippen LogP contribution < -0.4 is 19.7 Å². The van der Waals surface area contributed by atoms with E-state index < -0.39 is 0 Å². The summed E-state index contributed by atoms with van der Waals surface area (Å²) < 4.78 is 13.1. The highest BCUT2D eigenvalue weighted by molar-refractivity contribution is 5.79. The topological polar surface area (TPSA) is 84.2 Å². The number of aliphatic hydroxyl groups excluding tert-OH is 1. The van der Waals surface area contributed by atoms with Crippen LogP contribution in [0.15, 0.2) is 61.1 Å². The first kappa shape index (κ1) is 21.5. The minimum absolute atomic E-state index is 0.120. The molecule has 0 aliphatic rings. The van der Waals surface area contributed by atoms with E-state index in [4.69, 9.17) is 14.5 Å². The van der Waals surface area contributed by atoms with Crippen molar-refractivity contribution in [2.24, 2.45) is 0 Å². The average molecular weight is 434 g/mol. The lowest BCUT2D eigenvalue weighted by Gasteiger charge is -2.22. The van der Waals surface area contributed by atoms with Gasteiger partial charge < -0.3 is 29.2 Å². The molecule has 0 bridgehead atoms. The molecule has 0 atom stereocenters. The first-order valence-corrected chi connectivity index (χ1v) is 10.5. The Morgan fingerprint density at radius 1 is 1.06 bits per heavy atom. The summed E-state index contributed by atoms with van der Waals surface area (Å²) in [6.07, 6.45) is 5.53. The van der Waals surface area contributed by atoms with Gasteiger partial charge in [-0.05, 0) is 43.3 Å². The van der Waals surface area contributed by atoms with Gasteiger partial charge in [0.05, 0.1) is 32.1 Å². The lowest BCUT2D eigenvalue weighted by atomic mass is 10.1. The number of anilines is 3. The molecule has 0 saturated heterocycles. The van der Waals surface area contributed by atoms with Crippen molar-refractivity contribution in [2.75, 3.05) is 44.1 Å². The fourth-order valence-corrected chi connectivity index (χ4v) is 3.72. The van der Waals surface area contributed by atoms with Gasteiger partial charge in [-0.25, -0.2) is 9.97 Å². The molecule has 4 aromatic rings. The van der Waals surface area contributed by atoms with Gasteiger partial charge in [-0.2, -0.15) is 0 Å². The van der Waals surface area contributed by atoms with Gasteiger partial charge in [0.15, 0.2) is 11.5 Å². The minimum atomic E-state index is 0.120. The molecule has 32 heavy (non-hydrogen) atoms. The SMILES string of the molecule is CCN(CCO)c1ccc(Nc2nc(-c3c(OC)cccc3OC)cn3ccnc23)cc1. The standard InChI is InChI=1S/C24H27N5O3/c1-4-28(14-15-30)18-10-8-17(9-11-18)26-23-24-25-12-13-29(24)16-19(27-23)22-20(31-2)6-5-7-21(22)32-3/h5-13,16,30H,4,14-15H2,1-3H3,(H,26,27). The minimum Gasteiger partial charge on any atom is -0.496 e. The number of aliphatic hydroxyl groups is 1. The van der Waals surface area contributed by atoms with Crippen LogP contribution in [0.2, 0.25) is 0 Å². The van der Waals surface area contributed by atoms with Gasteiger partial charge in [0, 0.05) is 43.1 Å². The number of nitrogens with one attached hydrogen (secondary N) is 1. The van der Waals surface area contributed by atoms with E-state index in [1.807, 2.05) is 59.3 Å². The van der Waals surface area contributed by atoms with Crippen LogP contribution in [0.25, 0.3) is 16.9 Å². The monoisotopic (exact) mass is 433 g/mol. The maximum Gasteiger partial charge on any atom is 0.180 e. The van der Waals surface area contributed by atoms with E-state index in [9.17, 15) is 5.11 Å². The number of fused-ring (bicyclic) bond motifs is 1. The summed E-state index contributed by atoms with van der Waals surface area (Å²) in [5.74, 6) is 1.97. The molecule has 0 aliphatic carbocycles. The molecule has 2 aromatic carbocycles. The van der Waals surface area contributed by atoms with Gasteiger partial charge >= 0.3 is 0 Å². The zero-order valence-electron chi connectivity index (χ0n) is 18.4. The molecule has 0 unspecified atom stereocenters. The van der Waals surface area contributed by atoms with Crippen molar-refractivity contribution >= 4 is 22.8 Å². The molecule has 8 nitrogen and oxygen atoms in total. The number of likely N-dealkylation sites (N-methyl/N-ethyl adjacent to an activating group) is 1. The Labute approximate surface area is 187 Å². The van der Waals surface area contributed by atoms with Crippen molar-refractivity contribution < 1.29 is 14.6 Å². The number of methoxy groups -OCH3 is 2. The molecule has 2 heterocycles. The molecule has 8 heteroatoms. The van der Waals surface area contributed by atoms with Crippen LogP contribution in [-0.2, 0) is 0 Å². The van der Waals surface area contributed by atoms with Gasteiger partial charge in [0.25, 0.3) is 0 Å². The molecular formula is C24H27N5O3. The lowest BCUT2D eigenvalue weighted by molar-refractivity contribution is 0.302. The quantitative estimate of drug-likeness (QED) is 0.413. The Morgan fingerprint density at radius 2 is 1.78 bits per heavy atom. The summed E-state index contributed by atoms with van der Waals surface area (Å²) in [6, 6.07) is 13.7. The van der Waals surface area contributed by atoms with Crippen molar-refractivity contribution in [3.8, 4) is 22.8 Å². The third-order valence-electron chi connectivity index (χ3n) is 5.30. The van der Waals surface area contributed by atoms with E-state index >= 15 is 0 Å². The van der Waals surface area contributed by atoms with Crippen molar-refractivity contribution in [1.29, 1.82) is 0 Å². The molecule has 4 rings (SSSR count). The van der Waals surface area contributed by atoms with Crippen LogP contribution in [0.4, 0.5) is 17.2 Å². The third-order valence-corrected chi connectivity index (χ3v) is 5.30. The first-order chi connectivity index (χ1) is 15.7. The highest BCUT2D eigenvalue weighted by Crippen LogP contribution is 2.38. The zero-order chi connectivity index (χ0) is 22.5. The maximum absolute atomic E-state index is 9.26. The van der Waals surface area contributed by atoms with E-state index in [1.54, 1.807) is 20.4 Å². The molecule has 0 spiro atoms. The number of aromatic nitrogens is 3. The predicted molar refractivity (Wildman–Crippen MR) is 126 cm³/mol. The highest BCUT2D eigenvalue weighted by Gasteiger charge is 2.17. The molecule has 166 valence electrons. The summed E-state index contributed by atoms with van der Waals surface area (Å²) in [5, 5.41) is 12.7. The van der Waals surface area contributed by atoms with E-state index in [0.29, 0.717) is 35.2 Å². The Kier molecular flexibility index (Phi) is 6.42. The Hall–Kier alpha value is -3.78. The number of hydrogen-bond donors (Lipinski definition) is 2. The van der Waals surface area contributed by atoms with Crippen LogP contribution in [0.1, 0.15) is 6.92 Å². The third kappa shape index (κ3) is 4.17. The predicted octanol–water partition coefficient (Wildman–Crippen LogP) is 3.98. The maximum atomic E-state index is 9.26. The van der Waals surface area contributed by atoms with E-state index in [-0.39, 0.29) is 6.61 Å². The second kappa shape index (κ2) is 9.57. The number of hydrogen-bond acceptors (Lipinski definition) is 7. The Bertz CT molecular complexity index is 1170. The number of nitrogens with zero attached hydrogens (tertiary/aromatic N) is 4. The largest absolute Gasteiger partial charge is 0.496 e. The molecule has 2 aromatic heterocycles. The van der Waals surface area contributed by atoms with Gasteiger partial charge in [-0.15, -0.1) is 0 Å². The molecule has 0 saturated carbocycles. The van der Waals surface area contributed by atoms with Gasteiger partial charge in [0.2, 0.25) is 0 Å². The highest BCUT2D eigenvalue weighted by atomic mass is 16.5. The van der Waals surface area contributed by atoms with Crippen molar-refractivity contribution in [2.45, 2.75) is 6.92 Å². The molecule has 0 radical (unpaired) electrons. The van der Waals surface area contributed by atoms with Gasteiger partial charge in [-0.1, -0.05) is 6.07 Å². The van der Waals surface area contributed by atoms with E-state index in [0.717, 1.165) is 23.5 Å². The zero-order valence-corrected chi connectivity index (χ0v) is 18.4. The molecule has 0 amide bonds. The van der Waals surface area contributed by atoms with Crippen molar-refractivity contribution in [3.63, 3.8) is 0 Å². The fraction of sp³-hybridized carbons (Fsp3) is 0.250. The van der Waals surface area contributed by atoms with Crippen LogP contribution in [0.3, 0.4) is 0 Å². The molecule has 2 N–H and O–H groups in total. The van der Waals surface area contributed by atoms with Crippen LogP contribution in [0, 0.1) is 0 Å². The summed E-state index contributed by atoms with van der Waals surface area (Å²) in [5.41, 5.74) is 4.12. The summed E-state index contributed by atoms with van der Waals surface area (Å²) in [7, 11) is 3.26. The van der Waals surface area contributed by atoms with E-state index in [1.165, 1.54) is 0 Å². The van der Waals surface area contributed by atoms with Crippen molar-refractivity contribution in [1.82, 2.24) is 14.4 Å². The van der Waals surface area contributed by atoms with Gasteiger partial charge in [-0.3, -0.25) is 0 Å². The normalized spacial score (nSPS) is 10.9. The van der Waals surface area contributed by atoms with Crippen molar-refractivity contribution in [3.05, 3.63) is 61.1 Å². The first-order valence-electron chi connectivity index (χ1n) is 10.5. The van der Waals surface area contributed by atoms with Crippen LogP contribution in [-0.4, -0.2) is 53.4 Å². The van der Waals surface area contributed by atoms with Gasteiger partial charge in [0.1, 0.15) is 11.5 Å². The number of imidazole rings is 1. The molecular weight excluding hydrogens is 406 g/mol. The number of rotatable bonds is 9. The Morgan fingerprint density at radius 3 is 2.41 bits per heavy atom. The smallest absolute Gasteiger partial charge is 0.180 e. The fourth-order valence-electron chi connectivity index (χ4n) is 3.72. The second-order valence-electron chi connectivity index (χ2n) is 7.15. The van der Waals surface area contributed by atoms with Crippen LogP contribution in [0.5, 0.6) is 11.5 Å². The number of ether oxygens (including phenoxy) is 2. The number of benzene rings is 2. The lowest BCUT2D eigenvalue weighted by Crippen LogP contribution is -2.25.